The monoisotopic (exact) mass is 313 g/mol. The average molecular weight is 314 g/mol. The average Bonchev–Trinajstić information content (AvgIpc) is 2.93. The topological polar surface area (TPSA) is 50.9 Å². The molecule has 0 unspecified atom stereocenters. The SMILES string of the molecule is Cn1nnc(Br)c1C1(O)CCC2(CCCC2)CC1. The maximum absolute atomic E-state index is 10.9. The van der Waals surface area contributed by atoms with Gasteiger partial charge in [-0.05, 0) is 59.9 Å². The highest BCUT2D eigenvalue weighted by atomic mass is 79.9. The van der Waals surface area contributed by atoms with Crippen LogP contribution in [0.4, 0.5) is 0 Å². The van der Waals surface area contributed by atoms with Gasteiger partial charge in [-0.1, -0.05) is 18.1 Å². The second-order valence-corrected chi connectivity index (χ2v) is 6.84. The molecule has 2 fully saturated rings. The minimum atomic E-state index is -0.745. The van der Waals surface area contributed by atoms with Gasteiger partial charge in [-0.3, -0.25) is 0 Å². The Kier molecular flexibility index (Phi) is 3.01. The molecule has 0 aromatic carbocycles. The first kappa shape index (κ1) is 12.6. The standard InChI is InChI=1S/C13H20BrN3O/c1-17-10(11(14)15-16-17)13(18)8-6-12(7-9-13)4-2-3-5-12/h18H,2-9H2,1H3. The zero-order valence-corrected chi connectivity index (χ0v) is 12.4. The fraction of sp³-hybridized carbons (Fsp3) is 0.846. The lowest BCUT2D eigenvalue weighted by molar-refractivity contribution is -0.0439. The van der Waals surface area contributed by atoms with Crippen LogP contribution < -0.4 is 0 Å². The van der Waals surface area contributed by atoms with Crippen molar-refractivity contribution in [2.24, 2.45) is 12.5 Å². The van der Waals surface area contributed by atoms with Crippen molar-refractivity contribution in [2.75, 3.05) is 0 Å². The van der Waals surface area contributed by atoms with E-state index in [0.717, 1.165) is 31.4 Å². The van der Waals surface area contributed by atoms with E-state index in [2.05, 4.69) is 26.2 Å². The molecule has 1 N–H and O–H groups in total. The molecule has 2 saturated carbocycles. The smallest absolute Gasteiger partial charge is 0.154 e. The highest BCUT2D eigenvalue weighted by Crippen LogP contribution is 2.53. The van der Waals surface area contributed by atoms with E-state index in [1.807, 2.05) is 7.05 Å². The number of aliphatic hydroxyl groups is 1. The highest BCUT2D eigenvalue weighted by Gasteiger charge is 2.46. The number of nitrogens with zero attached hydrogens (tertiary/aromatic N) is 3. The van der Waals surface area contributed by atoms with Crippen molar-refractivity contribution >= 4 is 15.9 Å². The maximum atomic E-state index is 10.9. The van der Waals surface area contributed by atoms with Gasteiger partial charge in [-0.2, -0.15) is 0 Å². The summed E-state index contributed by atoms with van der Waals surface area (Å²) in [5.74, 6) is 0. The Balaban J connectivity index is 1.82. The molecule has 0 amide bonds. The van der Waals surface area contributed by atoms with Gasteiger partial charge in [0.1, 0.15) is 11.3 Å². The first-order chi connectivity index (χ1) is 8.55. The van der Waals surface area contributed by atoms with E-state index in [4.69, 9.17) is 0 Å². The predicted molar refractivity (Wildman–Crippen MR) is 72.0 cm³/mol. The Labute approximate surface area is 116 Å². The Morgan fingerprint density at radius 3 is 2.22 bits per heavy atom. The van der Waals surface area contributed by atoms with Gasteiger partial charge in [0.15, 0.2) is 4.60 Å². The molecule has 1 spiro atoms. The summed E-state index contributed by atoms with van der Waals surface area (Å²) in [4.78, 5) is 0. The summed E-state index contributed by atoms with van der Waals surface area (Å²) in [6.07, 6.45) is 9.41. The van der Waals surface area contributed by atoms with Gasteiger partial charge in [0.2, 0.25) is 0 Å². The molecule has 3 rings (SSSR count). The van der Waals surface area contributed by atoms with Gasteiger partial charge in [0.05, 0.1) is 0 Å². The third-order valence-corrected chi connectivity index (χ3v) is 5.56. The van der Waals surface area contributed by atoms with Crippen LogP contribution in [0.2, 0.25) is 0 Å². The van der Waals surface area contributed by atoms with Crippen molar-refractivity contribution in [3.05, 3.63) is 10.3 Å². The minimum absolute atomic E-state index is 0.532. The normalized spacial score (nSPS) is 25.7. The molecule has 2 aliphatic rings. The zero-order chi connectivity index (χ0) is 12.8. The fourth-order valence-electron chi connectivity index (χ4n) is 3.88. The number of aromatic nitrogens is 3. The van der Waals surface area contributed by atoms with Crippen molar-refractivity contribution in [1.29, 1.82) is 0 Å². The quantitative estimate of drug-likeness (QED) is 0.867. The van der Waals surface area contributed by atoms with Gasteiger partial charge < -0.3 is 5.11 Å². The molecular weight excluding hydrogens is 294 g/mol. The van der Waals surface area contributed by atoms with E-state index in [1.54, 1.807) is 4.68 Å². The van der Waals surface area contributed by atoms with E-state index >= 15 is 0 Å². The Morgan fingerprint density at radius 2 is 1.72 bits per heavy atom. The number of hydrogen-bond acceptors (Lipinski definition) is 3. The number of rotatable bonds is 1. The van der Waals surface area contributed by atoms with Crippen molar-refractivity contribution in [3.8, 4) is 0 Å². The lowest BCUT2D eigenvalue weighted by Crippen LogP contribution is -2.37. The molecular formula is C13H20BrN3O. The zero-order valence-electron chi connectivity index (χ0n) is 10.8. The molecule has 0 atom stereocenters. The molecule has 18 heavy (non-hydrogen) atoms. The van der Waals surface area contributed by atoms with E-state index in [0.29, 0.717) is 10.0 Å². The molecule has 0 saturated heterocycles. The van der Waals surface area contributed by atoms with Gasteiger partial charge in [-0.15, -0.1) is 5.10 Å². The van der Waals surface area contributed by atoms with Crippen LogP contribution >= 0.6 is 15.9 Å². The van der Waals surface area contributed by atoms with Crippen LogP contribution in [0.15, 0.2) is 4.60 Å². The summed E-state index contributed by atoms with van der Waals surface area (Å²) in [5, 5.41) is 18.9. The third kappa shape index (κ3) is 1.92. The largest absolute Gasteiger partial charge is 0.383 e. The number of hydrogen-bond donors (Lipinski definition) is 1. The highest BCUT2D eigenvalue weighted by molar-refractivity contribution is 9.10. The Bertz CT molecular complexity index is 422. The lowest BCUT2D eigenvalue weighted by atomic mass is 9.67. The predicted octanol–water partition coefficient (Wildman–Crippen LogP) is 2.90. The molecule has 0 radical (unpaired) electrons. The molecule has 1 aromatic heterocycles. The maximum Gasteiger partial charge on any atom is 0.154 e. The summed E-state index contributed by atoms with van der Waals surface area (Å²) >= 11 is 3.41. The van der Waals surface area contributed by atoms with E-state index in [1.165, 1.54) is 25.7 Å². The molecule has 1 heterocycles. The summed E-state index contributed by atoms with van der Waals surface area (Å²) in [6.45, 7) is 0. The van der Waals surface area contributed by atoms with Crippen LogP contribution in [0.1, 0.15) is 57.1 Å². The Morgan fingerprint density at radius 1 is 1.11 bits per heavy atom. The van der Waals surface area contributed by atoms with Gasteiger partial charge >= 0.3 is 0 Å². The van der Waals surface area contributed by atoms with Crippen molar-refractivity contribution in [2.45, 2.75) is 57.0 Å². The summed E-state index contributed by atoms with van der Waals surface area (Å²) in [7, 11) is 1.85. The molecule has 4 nitrogen and oxygen atoms in total. The number of halogens is 1. The van der Waals surface area contributed by atoms with Crippen LogP contribution in [0.5, 0.6) is 0 Å². The van der Waals surface area contributed by atoms with Gasteiger partial charge in [0, 0.05) is 7.05 Å². The van der Waals surface area contributed by atoms with E-state index < -0.39 is 5.60 Å². The summed E-state index contributed by atoms with van der Waals surface area (Å²) < 4.78 is 2.39. The fourth-order valence-corrected chi connectivity index (χ4v) is 4.58. The molecule has 5 heteroatoms. The second kappa shape index (κ2) is 4.30. The van der Waals surface area contributed by atoms with Crippen molar-refractivity contribution in [3.63, 3.8) is 0 Å². The minimum Gasteiger partial charge on any atom is -0.383 e. The van der Waals surface area contributed by atoms with Crippen molar-refractivity contribution < 1.29 is 5.11 Å². The molecule has 0 bridgehead atoms. The second-order valence-electron chi connectivity index (χ2n) is 6.09. The van der Waals surface area contributed by atoms with E-state index in [9.17, 15) is 5.11 Å². The molecule has 100 valence electrons. The van der Waals surface area contributed by atoms with Crippen LogP contribution in [0.25, 0.3) is 0 Å². The molecule has 2 aliphatic carbocycles. The first-order valence-electron chi connectivity index (χ1n) is 6.83. The first-order valence-corrected chi connectivity index (χ1v) is 7.62. The van der Waals surface area contributed by atoms with Crippen LogP contribution in [0, 0.1) is 5.41 Å². The van der Waals surface area contributed by atoms with Crippen LogP contribution in [-0.2, 0) is 12.6 Å². The molecule has 0 aliphatic heterocycles. The third-order valence-electron chi connectivity index (χ3n) is 5.03. The van der Waals surface area contributed by atoms with Crippen LogP contribution in [0.3, 0.4) is 0 Å². The van der Waals surface area contributed by atoms with E-state index in [-0.39, 0.29) is 0 Å². The Hall–Kier alpha value is -0.420. The van der Waals surface area contributed by atoms with Gasteiger partial charge in [-0.25, -0.2) is 4.68 Å². The number of aryl methyl sites for hydroxylation is 1. The van der Waals surface area contributed by atoms with Crippen LogP contribution in [-0.4, -0.2) is 20.1 Å². The molecule has 1 aromatic rings. The summed E-state index contributed by atoms with van der Waals surface area (Å²) in [5.41, 5.74) is 0.630. The lowest BCUT2D eigenvalue weighted by Gasteiger charge is -2.42. The van der Waals surface area contributed by atoms with Gasteiger partial charge in [0.25, 0.3) is 0 Å². The van der Waals surface area contributed by atoms with Crippen molar-refractivity contribution in [1.82, 2.24) is 15.0 Å². The summed E-state index contributed by atoms with van der Waals surface area (Å²) in [6, 6.07) is 0.